The van der Waals surface area contributed by atoms with Crippen LogP contribution >= 0.6 is 0 Å². The van der Waals surface area contributed by atoms with Crippen molar-refractivity contribution in [3.05, 3.63) is 65.7 Å². The molecule has 1 atom stereocenters. The third-order valence-electron chi connectivity index (χ3n) is 4.91. The van der Waals surface area contributed by atoms with E-state index in [1.165, 1.54) is 5.56 Å². The number of aryl methyl sites for hydroxylation is 1. The van der Waals surface area contributed by atoms with Gasteiger partial charge in [-0.3, -0.25) is 9.89 Å². The quantitative estimate of drug-likeness (QED) is 0.745. The van der Waals surface area contributed by atoms with E-state index in [2.05, 4.69) is 27.6 Å². The van der Waals surface area contributed by atoms with Crippen molar-refractivity contribution < 1.29 is 9.53 Å². The lowest BCUT2D eigenvalue weighted by atomic mass is 9.82. The van der Waals surface area contributed by atoms with E-state index < -0.39 is 0 Å². The minimum absolute atomic E-state index is 0.00442. The zero-order chi connectivity index (χ0) is 17.9. The van der Waals surface area contributed by atoms with Gasteiger partial charge in [0.15, 0.2) is 5.82 Å². The summed E-state index contributed by atoms with van der Waals surface area (Å²) in [6.07, 6.45) is 2.94. The molecule has 0 fully saturated rings. The number of anilines is 1. The van der Waals surface area contributed by atoms with Crippen LogP contribution in [0.25, 0.3) is 11.3 Å². The van der Waals surface area contributed by atoms with E-state index in [1.807, 2.05) is 42.5 Å². The largest absolute Gasteiger partial charge is 0.496 e. The molecular formula is C21H21N3O2. The van der Waals surface area contributed by atoms with Crippen molar-refractivity contribution in [2.45, 2.75) is 25.2 Å². The summed E-state index contributed by atoms with van der Waals surface area (Å²) in [5.41, 5.74) is 4.13. The normalized spacial score (nSPS) is 16.0. The Labute approximate surface area is 152 Å². The Bertz CT molecular complexity index is 932. The fourth-order valence-corrected chi connectivity index (χ4v) is 3.63. The number of hydrogen-bond donors (Lipinski definition) is 2. The molecule has 5 heteroatoms. The number of carbonyl (C=O) groups excluding carboxylic acids is 1. The van der Waals surface area contributed by atoms with Gasteiger partial charge in [0.2, 0.25) is 5.91 Å². The second kappa shape index (κ2) is 7.04. The second-order valence-electron chi connectivity index (χ2n) is 6.50. The third kappa shape index (κ3) is 3.08. The van der Waals surface area contributed by atoms with Gasteiger partial charge < -0.3 is 10.1 Å². The van der Waals surface area contributed by atoms with E-state index in [4.69, 9.17) is 4.74 Å². The van der Waals surface area contributed by atoms with Crippen molar-refractivity contribution in [3.8, 4) is 17.0 Å². The summed E-state index contributed by atoms with van der Waals surface area (Å²) in [4.78, 5) is 12.8. The SMILES string of the molecule is COc1ccccc1-c1cc(NC(=O)C2CCCc3ccccc32)n[nH]1. The highest BCUT2D eigenvalue weighted by atomic mass is 16.5. The molecule has 4 rings (SSSR count). The van der Waals surface area contributed by atoms with Gasteiger partial charge in [-0.2, -0.15) is 5.10 Å². The van der Waals surface area contributed by atoms with Gasteiger partial charge in [0.1, 0.15) is 5.75 Å². The highest BCUT2D eigenvalue weighted by Gasteiger charge is 2.26. The van der Waals surface area contributed by atoms with Gasteiger partial charge in [0.25, 0.3) is 0 Å². The number of carbonyl (C=O) groups is 1. The Balaban J connectivity index is 1.54. The third-order valence-corrected chi connectivity index (χ3v) is 4.91. The summed E-state index contributed by atoms with van der Waals surface area (Å²) in [5.74, 6) is 1.16. The van der Waals surface area contributed by atoms with E-state index in [1.54, 1.807) is 7.11 Å². The van der Waals surface area contributed by atoms with Crippen molar-refractivity contribution in [2.24, 2.45) is 0 Å². The zero-order valence-corrected chi connectivity index (χ0v) is 14.7. The molecule has 0 bridgehead atoms. The molecule has 1 aliphatic carbocycles. The summed E-state index contributed by atoms with van der Waals surface area (Å²) in [6, 6.07) is 17.8. The van der Waals surface area contributed by atoms with Gasteiger partial charge in [-0.25, -0.2) is 0 Å². The van der Waals surface area contributed by atoms with Crippen molar-refractivity contribution in [1.82, 2.24) is 10.2 Å². The van der Waals surface area contributed by atoms with E-state index in [9.17, 15) is 4.79 Å². The van der Waals surface area contributed by atoms with E-state index in [-0.39, 0.29) is 11.8 Å². The predicted octanol–water partition coefficient (Wildman–Crippen LogP) is 4.14. The number of nitrogens with one attached hydrogen (secondary N) is 2. The lowest BCUT2D eigenvalue weighted by Crippen LogP contribution is -2.24. The standard InChI is InChI=1S/C21H21N3O2/c1-26-19-12-5-4-10-17(19)18-13-20(24-23-18)22-21(25)16-11-6-8-14-7-2-3-9-15(14)16/h2-5,7,9-10,12-13,16H,6,8,11H2,1H3,(H2,22,23,24,25). The molecule has 1 aliphatic rings. The van der Waals surface area contributed by atoms with Crippen LogP contribution in [-0.2, 0) is 11.2 Å². The Morgan fingerprint density at radius 3 is 2.88 bits per heavy atom. The lowest BCUT2D eigenvalue weighted by Gasteiger charge is -2.24. The van der Waals surface area contributed by atoms with Crippen LogP contribution in [0.15, 0.2) is 54.6 Å². The van der Waals surface area contributed by atoms with Gasteiger partial charge in [-0.15, -0.1) is 0 Å². The van der Waals surface area contributed by atoms with Gasteiger partial charge >= 0.3 is 0 Å². The number of aromatic nitrogens is 2. The fraction of sp³-hybridized carbons (Fsp3) is 0.238. The van der Waals surface area contributed by atoms with Crippen molar-refractivity contribution >= 4 is 11.7 Å². The number of methoxy groups -OCH3 is 1. The Morgan fingerprint density at radius 1 is 1.19 bits per heavy atom. The minimum atomic E-state index is -0.119. The number of H-pyrrole nitrogens is 1. The molecule has 0 saturated carbocycles. The Morgan fingerprint density at radius 2 is 2.00 bits per heavy atom. The maximum absolute atomic E-state index is 12.8. The Hall–Kier alpha value is -3.08. The average Bonchev–Trinajstić information content (AvgIpc) is 3.15. The molecule has 1 aromatic heterocycles. The number of hydrogen-bond acceptors (Lipinski definition) is 3. The highest BCUT2D eigenvalue weighted by molar-refractivity contribution is 5.96. The number of rotatable bonds is 4. The smallest absolute Gasteiger partial charge is 0.233 e. The van der Waals surface area contributed by atoms with Crippen LogP contribution in [0.2, 0.25) is 0 Å². The number of nitrogens with zero attached hydrogens (tertiary/aromatic N) is 1. The molecule has 2 aromatic carbocycles. The van der Waals surface area contributed by atoms with Gasteiger partial charge in [0.05, 0.1) is 18.7 Å². The summed E-state index contributed by atoms with van der Waals surface area (Å²) in [6.45, 7) is 0. The van der Waals surface area contributed by atoms with Crippen molar-refractivity contribution in [3.63, 3.8) is 0 Å². The second-order valence-corrected chi connectivity index (χ2v) is 6.50. The van der Waals surface area contributed by atoms with E-state index >= 15 is 0 Å². The monoisotopic (exact) mass is 347 g/mol. The van der Waals surface area contributed by atoms with Crippen LogP contribution in [0, 0.1) is 0 Å². The molecule has 0 radical (unpaired) electrons. The molecule has 2 N–H and O–H groups in total. The first-order valence-corrected chi connectivity index (χ1v) is 8.83. The first-order valence-electron chi connectivity index (χ1n) is 8.83. The molecule has 1 unspecified atom stereocenters. The molecule has 5 nitrogen and oxygen atoms in total. The highest BCUT2D eigenvalue weighted by Crippen LogP contribution is 2.33. The molecule has 0 aliphatic heterocycles. The average molecular weight is 347 g/mol. The molecule has 1 amide bonds. The van der Waals surface area contributed by atoms with Crippen molar-refractivity contribution in [2.75, 3.05) is 12.4 Å². The number of aromatic amines is 1. The van der Waals surface area contributed by atoms with Crippen LogP contribution in [0.4, 0.5) is 5.82 Å². The molecule has 0 spiro atoms. The van der Waals surface area contributed by atoms with Gasteiger partial charge in [-0.05, 0) is 42.5 Å². The summed E-state index contributed by atoms with van der Waals surface area (Å²) in [5, 5.41) is 10.2. The first-order chi connectivity index (χ1) is 12.8. The number of amides is 1. The molecule has 1 heterocycles. The molecule has 26 heavy (non-hydrogen) atoms. The summed E-state index contributed by atoms with van der Waals surface area (Å²) in [7, 11) is 1.64. The topological polar surface area (TPSA) is 67.0 Å². The molecule has 0 saturated heterocycles. The van der Waals surface area contributed by atoms with Crippen molar-refractivity contribution in [1.29, 1.82) is 0 Å². The number of ether oxygens (including phenoxy) is 1. The maximum atomic E-state index is 12.8. The maximum Gasteiger partial charge on any atom is 0.233 e. The number of para-hydroxylation sites is 1. The summed E-state index contributed by atoms with van der Waals surface area (Å²) < 4.78 is 5.39. The van der Waals surface area contributed by atoms with Crippen LogP contribution < -0.4 is 10.1 Å². The number of fused-ring (bicyclic) bond motifs is 1. The zero-order valence-electron chi connectivity index (χ0n) is 14.7. The van der Waals surface area contributed by atoms with Gasteiger partial charge in [0, 0.05) is 11.6 Å². The predicted molar refractivity (Wildman–Crippen MR) is 101 cm³/mol. The van der Waals surface area contributed by atoms with Crippen LogP contribution in [-0.4, -0.2) is 23.2 Å². The first kappa shape index (κ1) is 16.4. The number of benzene rings is 2. The van der Waals surface area contributed by atoms with E-state index in [0.717, 1.165) is 41.8 Å². The Kier molecular flexibility index (Phi) is 4.44. The van der Waals surface area contributed by atoms with Crippen LogP contribution in [0.3, 0.4) is 0 Å². The summed E-state index contributed by atoms with van der Waals surface area (Å²) >= 11 is 0. The fourth-order valence-electron chi connectivity index (χ4n) is 3.63. The van der Waals surface area contributed by atoms with Crippen LogP contribution in [0.1, 0.15) is 29.9 Å². The van der Waals surface area contributed by atoms with E-state index in [0.29, 0.717) is 5.82 Å². The molecular weight excluding hydrogens is 326 g/mol. The van der Waals surface area contributed by atoms with Gasteiger partial charge in [-0.1, -0.05) is 36.4 Å². The lowest BCUT2D eigenvalue weighted by molar-refractivity contribution is -0.117. The van der Waals surface area contributed by atoms with Crippen LogP contribution in [0.5, 0.6) is 5.75 Å². The minimum Gasteiger partial charge on any atom is -0.496 e. The molecule has 132 valence electrons. The molecule has 3 aromatic rings.